The SMILES string of the molecule is CCOC(=O)c1cc(C)n2nc3c(c2n1)CN(C)CC3. The van der Waals surface area contributed by atoms with E-state index in [1.165, 1.54) is 0 Å². The molecule has 6 heteroatoms. The number of ether oxygens (including phenoxy) is 1. The van der Waals surface area contributed by atoms with Crippen LogP contribution >= 0.6 is 0 Å². The normalized spacial score (nSPS) is 15.3. The van der Waals surface area contributed by atoms with Gasteiger partial charge in [0, 0.05) is 30.8 Å². The number of esters is 1. The summed E-state index contributed by atoms with van der Waals surface area (Å²) in [6.07, 6.45) is 0.920. The highest BCUT2D eigenvalue weighted by Crippen LogP contribution is 2.22. The molecule has 0 spiro atoms. The van der Waals surface area contributed by atoms with E-state index in [0.717, 1.165) is 42.1 Å². The molecule has 1 aliphatic heterocycles. The number of carbonyl (C=O) groups excluding carboxylic acids is 1. The van der Waals surface area contributed by atoms with Crippen LogP contribution in [0.15, 0.2) is 6.07 Å². The Kier molecular flexibility index (Phi) is 3.17. The zero-order valence-electron chi connectivity index (χ0n) is 12.0. The van der Waals surface area contributed by atoms with Gasteiger partial charge in [-0.05, 0) is 27.0 Å². The van der Waals surface area contributed by atoms with Gasteiger partial charge in [-0.15, -0.1) is 0 Å². The number of fused-ring (bicyclic) bond motifs is 3. The molecule has 0 fully saturated rings. The first-order chi connectivity index (χ1) is 9.60. The van der Waals surface area contributed by atoms with Crippen LogP contribution in [-0.2, 0) is 17.7 Å². The van der Waals surface area contributed by atoms with E-state index in [9.17, 15) is 4.79 Å². The molecular formula is C14H18N4O2. The van der Waals surface area contributed by atoms with Gasteiger partial charge < -0.3 is 9.64 Å². The van der Waals surface area contributed by atoms with Crippen molar-refractivity contribution >= 4 is 11.6 Å². The third-order valence-corrected chi connectivity index (χ3v) is 3.59. The highest BCUT2D eigenvalue weighted by atomic mass is 16.5. The van der Waals surface area contributed by atoms with Gasteiger partial charge in [-0.25, -0.2) is 14.3 Å². The van der Waals surface area contributed by atoms with Gasteiger partial charge in [0.2, 0.25) is 0 Å². The van der Waals surface area contributed by atoms with E-state index in [1.807, 2.05) is 11.4 Å². The molecule has 2 aromatic heterocycles. The van der Waals surface area contributed by atoms with Crippen LogP contribution in [0.2, 0.25) is 0 Å². The standard InChI is InChI=1S/C14H18N4O2/c1-4-20-14(19)12-7-9(2)18-13(15-12)10-8-17(3)6-5-11(10)16-18/h7H,4-6,8H2,1-3H3. The summed E-state index contributed by atoms with van der Waals surface area (Å²) < 4.78 is 6.86. The molecule has 2 aromatic rings. The lowest BCUT2D eigenvalue weighted by Crippen LogP contribution is -2.26. The minimum atomic E-state index is -0.378. The highest BCUT2D eigenvalue weighted by Gasteiger charge is 2.22. The van der Waals surface area contributed by atoms with Crippen molar-refractivity contribution in [1.29, 1.82) is 0 Å². The second-order valence-corrected chi connectivity index (χ2v) is 5.15. The molecule has 3 rings (SSSR count). The smallest absolute Gasteiger partial charge is 0.357 e. The van der Waals surface area contributed by atoms with Gasteiger partial charge in [-0.3, -0.25) is 0 Å². The second kappa shape index (κ2) is 4.86. The maximum Gasteiger partial charge on any atom is 0.357 e. The van der Waals surface area contributed by atoms with E-state index in [4.69, 9.17) is 4.74 Å². The number of rotatable bonds is 2. The van der Waals surface area contributed by atoms with E-state index < -0.39 is 0 Å². The monoisotopic (exact) mass is 274 g/mol. The Morgan fingerprint density at radius 2 is 2.30 bits per heavy atom. The van der Waals surface area contributed by atoms with Gasteiger partial charge in [0.1, 0.15) is 0 Å². The van der Waals surface area contributed by atoms with Gasteiger partial charge in [-0.2, -0.15) is 5.10 Å². The minimum Gasteiger partial charge on any atom is -0.461 e. The van der Waals surface area contributed by atoms with Crippen LogP contribution in [0.3, 0.4) is 0 Å². The largest absolute Gasteiger partial charge is 0.461 e. The molecular weight excluding hydrogens is 256 g/mol. The van der Waals surface area contributed by atoms with Crippen molar-refractivity contribution in [3.05, 3.63) is 28.7 Å². The van der Waals surface area contributed by atoms with Crippen molar-refractivity contribution in [3.8, 4) is 0 Å². The van der Waals surface area contributed by atoms with Gasteiger partial charge >= 0.3 is 5.97 Å². The molecule has 3 heterocycles. The maximum atomic E-state index is 11.9. The Labute approximate surface area is 117 Å². The number of carbonyl (C=O) groups is 1. The quantitative estimate of drug-likeness (QED) is 0.770. The zero-order chi connectivity index (χ0) is 14.3. The second-order valence-electron chi connectivity index (χ2n) is 5.15. The molecule has 0 saturated heterocycles. The van der Waals surface area contributed by atoms with Crippen molar-refractivity contribution in [3.63, 3.8) is 0 Å². The van der Waals surface area contributed by atoms with E-state index in [2.05, 4.69) is 22.0 Å². The minimum absolute atomic E-state index is 0.352. The first-order valence-electron chi connectivity index (χ1n) is 6.84. The molecule has 0 aliphatic carbocycles. The number of nitrogens with zero attached hydrogens (tertiary/aromatic N) is 4. The Bertz CT molecular complexity index is 677. The van der Waals surface area contributed by atoms with Crippen LogP contribution in [0.25, 0.3) is 5.65 Å². The van der Waals surface area contributed by atoms with Crippen LogP contribution < -0.4 is 0 Å². The topological polar surface area (TPSA) is 59.7 Å². The molecule has 0 bridgehead atoms. The molecule has 106 valence electrons. The summed E-state index contributed by atoms with van der Waals surface area (Å²) >= 11 is 0. The van der Waals surface area contributed by atoms with E-state index in [-0.39, 0.29) is 5.97 Å². The van der Waals surface area contributed by atoms with Crippen LogP contribution in [-0.4, -0.2) is 45.7 Å². The molecule has 0 amide bonds. The fourth-order valence-electron chi connectivity index (χ4n) is 2.57. The van der Waals surface area contributed by atoms with E-state index >= 15 is 0 Å². The molecule has 0 N–H and O–H groups in total. The Morgan fingerprint density at radius 3 is 3.05 bits per heavy atom. The number of likely N-dealkylation sites (N-methyl/N-ethyl adjacent to an activating group) is 1. The van der Waals surface area contributed by atoms with Crippen LogP contribution in [0, 0.1) is 6.92 Å². The zero-order valence-corrected chi connectivity index (χ0v) is 12.0. The molecule has 0 aromatic carbocycles. The van der Waals surface area contributed by atoms with Crippen molar-refractivity contribution in [2.24, 2.45) is 0 Å². The van der Waals surface area contributed by atoms with Crippen molar-refractivity contribution < 1.29 is 9.53 Å². The summed E-state index contributed by atoms with van der Waals surface area (Å²) in [5.41, 5.74) is 4.23. The number of hydrogen-bond acceptors (Lipinski definition) is 5. The number of hydrogen-bond donors (Lipinski definition) is 0. The van der Waals surface area contributed by atoms with Crippen LogP contribution in [0.1, 0.15) is 34.4 Å². The Balaban J connectivity index is 2.14. The predicted octanol–water partition coefficient (Wildman–Crippen LogP) is 1.20. The van der Waals surface area contributed by atoms with Crippen LogP contribution in [0.4, 0.5) is 0 Å². The van der Waals surface area contributed by atoms with Crippen molar-refractivity contribution in [2.75, 3.05) is 20.2 Å². The van der Waals surface area contributed by atoms with E-state index in [0.29, 0.717) is 12.3 Å². The number of aryl methyl sites for hydroxylation is 1. The maximum absolute atomic E-state index is 11.9. The highest BCUT2D eigenvalue weighted by molar-refractivity contribution is 5.88. The third kappa shape index (κ3) is 2.06. The summed E-state index contributed by atoms with van der Waals surface area (Å²) in [6.45, 7) is 5.89. The molecule has 0 atom stereocenters. The first kappa shape index (κ1) is 13.1. The lowest BCUT2D eigenvalue weighted by atomic mass is 10.1. The average Bonchev–Trinajstić information content (AvgIpc) is 2.78. The fraction of sp³-hybridized carbons (Fsp3) is 0.500. The molecule has 0 saturated carbocycles. The molecule has 0 radical (unpaired) electrons. The summed E-state index contributed by atoms with van der Waals surface area (Å²) in [6, 6.07) is 1.73. The van der Waals surface area contributed by atoms with Crippen molar-refractivity contribution in [2.45, 2.75) is 26.8 Å². The Morgan fingerprint density at radius 1 is 1.50 bits per heavy atom. The first-order valence-corrected chi connectivity index (χ1v) is 6.84. The van der Waals surface area contributed by atoms with Crippen molar-refractivity contribution in [1.82, 2.24) is 19.5 Å². The lowest BCUT2D eigenvalue weighted by molar-refractivity contribution is 0.0519. The van der Waals surface area contributed by atoms with Gasteiger partial charge in [0.05, 0.1) is 12.3 Å². The van der Waals surface area contributed by atoms with Gasteiger partial charge in [0.15, 0.2) is 11.3 Å². The molecule has 6 nitrogen and oxygen atoms in total. The van der Waals surface area contributed by atoms with Crippen LogP contribution in [0.5, 0.6) is 0 Å². The predicted molar refractivity (Wildman–Crippen MR) is 73.7 cm³/mol. The molecule has 0 unspecified atom stereocenters. The Hall–Kier alpha value is -1.95. The fourth-order valence-corrected chi connectivity index (χ4v) is 2.57. The van der Waals surface area contributed by atoms with E-state index in [1.54, 1.807) is 13.0 Å². The number of aromatic nitrogens is 3. The average molecular weight is 274 g/mol. The van der Waals surface area contributed by atoms with Gasteiger partial charge in [0.25, 0.3) is 0 Å². The summed E-state index contributed by atoms with van der Waals surface area (Å²) in [7, 11) is 2.08. The third-order valence-electron chi connectivity index (χ3n) is 3.59. The molecule has 1 aliphatic rings. The lowest BCUT2D eigenvalue weighted by Gasteiger charge is -2.20. The van der Waals surface area contributed by atoms with Gasteiger partial charge in [-0.1, -0.05) is 0 Å². The molecule has 20 heavy (non-hydrogen) atoms. The summed E-state index contributed by atoms with van der Waals surface area (Å²) in [5, 5.41) is 4.61. The summed E-state index contributed by atoms with van der Waals surface area (Å²) in [5.74, 6) is -0.378. The summed E-state index contributed by atoms with van der Waals surface area (Å²) in [4.78, 5) is 18.6.